The van der Waals surface area contributed by atoms with E-state index in [1.54, 1.807) is 7.11 Å². The Morgan fingerprint density at radius 3 is 1.89 bits per heavy atom. The van der Waals surface area contributed by atoms with E-state index in [4.69, 9.17) is 51.9 Å². The van der Waals surface area contributed by atoms with Crippen molar-refractivity contribution in [2.75, 3.05) is 113 Å². The lowest BCUT2D eigenvalue weighted by Gasteiger charge is -2.12. The van der Waals surface area contributed by atoms with Crippen LogP contribution in [0, 0.1) is 0 Å². The number of imide groups is 1. The molecule has 0 atom stereocenters. The first-order valence-electron chi connectivity index (χ1n) is 17.7. The second-order valence-electron chi connectivity index (χ2n) is 11.4. The summed E-state index contributed by atoms with van der Waals surface area (Å²) in [6.45, 7) is 7.29. The fourth-order valence-corrected chi connectivity index (χ4v) is 4.76. The highest BCUT2D eigenvalue weighted by molar-refractivity contribution is 6.01. The summed E-state index contributed by atoms with van der Waals surface area (Å²) in [6, 6.07) is 11.4. The molecule has 1 aromatic carbocycles. The molecule has 0 bridgehead atoms. The molecule has 0 saturated carbocycles. The van der Waals surface area contributed by atoms with Crippen molar-refractivity contribution in [1.29, 1.82) is 0 Å². The van der Waals surface area contributed by atoms with Crippen LogP contribution in [0.2, 0.25) is 0 Å². The summed E-state index contributed by atoms with van der Waals surface area (Å²) in [6.07, 6.45) is 1.98. The summed E-state index contributed by atoms with van der Waals surface area (Å²) < 4.78 is 57.4. The molecular weight excluding hydrogens is 734 g/mol. The molecule has 3 heterocycles. The Balaban J connectivity index is 0.00000784. The topological polar surface area (TPSA) is 177 Å². The van der Waals surface area contributed by atoms with Crippen LogP contribution in [0.4, 0.5) is 0 Å². The van der Waals surface area contributed by atoms with Crippen LogP contribution in [0.5, 0.6) is 5.75 Å². The Labute approximate surface area is 320 Å². The number of nitrogens with zero attached hydrogens (tertiary/aromatic N) is 3. The fourth-order valence-electron chi connectivity index (χ4n) is 4.76. The van der Waals surface area contributed by atoms with E-state index in [1.165, 1.54) is 0 Å². The van der Waals surface area contributed by atoms with Gasteiger partial charge in [-0.25, -0.2) is 9.78 Å². The number of carbonyl (C=O) groups is 3. The lowest BCUT2D eigenvalue weighted by atomic mass is 10.3. The number of methoxy groups -OCH3 is 1. The number of carbonyl (C=O) groups excluding carboxylic acids is 3. The number of fused-ring (bicyclic) bond motifs is 1. The molecule has 1 fully saturated rings. The van der Waals surface area contributed by atoms with Crippen molar-refractivity contribution in [3.8, 4) is 17.3 Å². The molecule has 2 aromatic heterocycles. The minimum atomic E-state index is -0.703. The zero-order chi connectivity index (χ0) is 37.4. The van der Waals surface area contributed by atoms with Crippen molar-refractivity contribution < 1.29 is 83.2 Å². The van der Waals surface area contributed by atoms with Gasteiger partial charge in [0.1, 0.15) is 24.5 Å². The molecule has 2 amide bonds. The largest absolute Gasteiger partial charge is 1.00 e. The smallest absolute Gasteiger partial charge is 0.335 e. The molecule has 3 aromatic rings. The Bertz CT molecular complexity index is 1510. The van der Waals surface area contributed by atoms with E-state index in [1.807, 2.05) is 47.2 Å². The van der Waals surface area contributed by atoms with Crippen molar-refractivity contribution in [3.63, 3.8) is 0 Å². The summed E-state index contributed by atoms with van der Waals surface area (Å²) in [5.41, 5.74) is 2.16. The van der Waals surface area contributed by atoms with Crippen molar-refractivity contribution in [3.05, 3.63) is 42.6 Å². The number of ether oxygens (including phenoxy) is 9. The number of hydroxylamine groups is 2. The molecule has 18 heteroatoms. The molecular formula is C36H50ClN3O14. The first kappa shape index (κ1) is 44.6. The summed E-state index contributed by atoms with van der Waals surface area (Å²) >= 11 is 0. The zero-order valence-electron chi connectivity index (χ0n) is 30.6. The number of hydrogen-bond donors (Lipinski definition) is 0. The maximum atomic E-state index is 11.7. The number of oxazole rings is 1. The summed E-state index contributed by atoms with van der Waals surface area (Å²) in [7, 11) is 1.64. The van der Waals surface area contributed by atoms with Crippen LogP contribution in [0.15, 0.2) is 47.0 Å². The minimum Gasteiger partial charge on any atom is -1.00 e. The third kappa shape index (κ3) is 16.7. The van der Waals surface area contributed by atoms with E-state index >= 15 is 0 Å². The lowest BCUT2D eigenvalue weighted by molar-refractivity contribution is -0.688. The van der Waals surface area contributed by atoms with Crippen LogP contribution in [-0.2, 0) is 63.7 Å². The highest BCUT2D eigenvalue weighted by atomic mass is 35.5. The molecule has 0 spiro atoms. The van der Waals surface area contributed by atoms with Crippen molar-refractivity contribution in [2.24, 2.45) is 0 Å². The minimum absolute atomic E-state index is 0. The van der Waals surface area contributed by atoms with Crippen molar-refractivity contribution in [1.82, 2.24) is 10.0 Å². The average Bonchev–Trinajstić information content (AvgIpc) is 3.73. The van der Waals surface area contributed by atoms with Crippen LogP contribution in [-0.4, -0.2) is 141 Å². The molecule has 54 heavy (non-hydrogen) atoms. The molecule has 1 aliphatic rings. The molecule has 4 rings (SSSR count). The van der Waals surface area contributed by atoms with Gasteiger partial charge in [-0.3, -0.25) is 9.59 Å². The molecule has 0 aliphatic carbocycles. The van der Waals surface area contributed by atoms with Gasteiger partial charge in [0.2, 0.25) is 0 Å². The molecule has 300 valence electrons. The lowest BCUT2D eigenvalue weighted by Crippen LogP contribution is -3.00. The molecule has 1 saturated heterocycles. The van der Waals surface area contributed by atoms with Gasteiger partial charge in [0.05, 0.1) is 98.9 Å². The maximum Gasteiger partial charge on any atom is 0.335 e. The van der Waals surface area contributed by atoms with E-state index < -0.39 is 17.8 Å². The standard InChI is InChI=1S/C36H50N3O14.ClH/c1-43-14-15-46-20-21-49-24-25-50-26-27-51-29-5-6-30-32(28-29)52-36(37-30)31-4-2-3-10-38(31)11-13-45-17-19-48-23-22-47-18-16-44-12-9-35(42)53-39-33(40)7-8-34(39)41;/h2-6,10,28H,7-9,11-27H2,1H3;1H/q+1;/p-1. The van der Waals surface area contributed by atoms with E-state index in [0.717, 1.165) is 11.2 Å². The number of hydrogen-bond acceptors (Lipinski definition) is 15. The van der Waals surface area contributed by atoms with Crippen molar-refractivity contribution in [2.45, 2.75) is 25.8 Å². The highest BCUT2D eigenvalue weighted by Crippen LogP contribution is 2.25. The quantitative estimate of drug-likeness (QED) is 0.0453. The van der Waals surface area contributed by atoms with Gasteiger partial charge < -0.3 is 64.3 Å². The van der Waals surface area contributed by atoms with Gasteiger partial charge in [0, 0.05) is 38.2 Å². The van der Waals surface area contributed by atoms with E-state index in [9.17, 15) is 14.4 Å². The van der Waals surface area contributed by atoms with Gasteiger partial charge >= 0.3 is 5.97 Å². The average molecular weight is 784 g/mol. The van der Waals surface area contributed by atoms with Gasteiger partial charge in [-0.15, -0.1) is 5.06 Å². The Kier molecular flexibility index (Phi) is 22.2. The normalized spacial score (nSPS) is 12.8. The van der Waals surface area contributed by atoms with Crippen LogP contribution >= 0.6 is 0 Å². The van der Waals surface area contributed by atoms with Gasteiger partial charge in [0.25, 0.3) is 23.4 Å². The van der Waals surface area contributed by atoms with Crippen LogP contribution in [0.3, 0.4) is 0 Å². The van der Waals surface area contributed by atoms with E-state index in [0.29, 0.717) is 121 Å². The van der Waals surface area contributed by atoms with Crippen LogP contribution < -0.4 is 21.7 Å². The van der Waals surface area contributed by atoms with Crippen LogP contribution in [0.25, 0.3) is 22.7 Å². The highest BCUT2D eigenvalue weighted by Gasteiger charge is 2.32. The Morgan fingerprint density at radius 1 is 0.722 bits per heavy atom. The first-order valence-corrected chi connectivity index (χ1v) is 17.7. The number of pyridine rings is 1. The molecule has 0 radical (unpaired) electrons. The van der Waals surface area contributed by atoms with Gasteiger partial charge in [-0.2, -0.15) is 4.57 Å². The van der Waals surface area contributed by atoms with Crippen LogP contribution in [0.1, 0.15) is 19.3 Å². The number of benzene rings is 1. The Morgan fingerprint density at radius 2 is 1.28 bits per heavy atom. The Hall–Kier alpha value is -3.78. The van der Waals surface area contributed by atoms with Crippen molar-refractivity contribution >= 4 is 28.9 Å². The molecule has 0 unspecified atom stereocenters. The third-order valence-electron chi connectivity index (χ3n) is 7.43. The van der Waals surface area contributed by atoms with E-state index in [-0.39, 0.29) is 44.9 Å². The monoisotopic (exact) mass is 783 g/mol. The van der Waals surface area contributed by atoms with E-state index in [2.05, 4.69) is 4.98 Å². The van der Waals surface area contributed by atoms with Gasteiger partial charge in [-0.1, -0.05) is 0 Å². The number of aromatic nitrogens is 2. The molecule has 17 nitrogen and oxygen atoms in total. The second-order valence-corrected chi connectivity index (χ2v) is 11.4. The number of halogens is 1. The third-order valence-corrected chi connectivity index (χ3v) is 7.43. The van der Waals surface area contributed by atoms with Gasteiger partial charge in [0.15, 0.2) is 18.3 Å². The number of rotatable bonds is 30. The predicted molar refractivity (Wildman–Crippen MR) is 185 cm³/mol. The molecule has 1 aliphatic heterocycles. The summed E-state index contributed by atoms with van der Waals surface area (Å²) in [5, 5.41) is 0.521. The summed E-state index contributed by atoms with van der Waals surface area (Å²) in [4.78, 5) is 44.1. The SMILES string of the molecule is COCCOCCOCCOCCOc1ccc2nc(-c3cccc[n+]3CCOCCOCCOCCOCCC(=O)ON3C(=O)CCC3=O)oc2c1.[Cl-]. The molecule has 0 N–H and O–H groups in total. The summed E-state index contributed by atoms with van der Waals surface area (Å²) in [5.74, 6) is -0.571. The second kappa shape index (κ2) is 26.9. The first-order chi connectivity index (χ1) is 26.0. The fraction of sp³-hybridized carbons (Fsp3) is 0.583. The predicted octanol–water partition coefficient (Wildman–Crippen LogP) is -1.07. The number of amides is 2. The zero-order valence-corrected chi connectivity index (χ0v) is 31.4. The van der Waals surface area contributed by atoms with Gasteiger partial charge in [-0.05, 0) is 18.2 Å². The maximum absolute atomic E-state index is 11.7.